The number of anilines is 2. The van der Waals surface area contributed by atoms with E-state index < -0.39 is 21.0 Å². The summed E-state index contributed by atoms with van der Waals surface area (Å²) in [6, 6.07) is 11.9. The lowest BCUT2D eigenvalue weighted by atomic mass is 10.0. The van der Waals surface area contributed by atoms with Crippen LogP contribution in [0.3, 0.4) is 0 Å². The molecule has 0 aliphatic carbocycles. The standard InChI is InChI=1S/C20H23N3O5S/c1-3-18(20(24)21-13-7-9-15-8-4-5-12-19(15)21)22(29(2,27)28)16-10-6-11-17(14-16)23(25)26/h4-6,8,10-12,14,18H,3,7,9,13H2,1-2H3. The molecule has 2 aromatic carbocycles. The number of carbonyl (C=O) groups excluding carboxylic acids is 1. The number of nitro benzene ring substituents is 1. The van der Waals surface area contributed by atoms with E-state index in [1.807, 2.05) is 24.3 Å². The summed E-state index contributed by atoms with van der Waals surface area (Å²) in [6.07, 6.45) is 2.88. The molecule has 0 radical (unpaired) electrons. The molecule has 0 saturated carbocycles. The molecule has 0 aromatic heterocycles. The molecular weight excluding hydrogens is 394 g/mol. The highest BCUT2D eigenvalue weighted by Gasteiger charge is 2.36. The maximum atomic E-state index is 13.5. The normalized spacial score (nSPS) is 14.8. The molecule has 2 aromatic rings. The van der Waals surface area contributed by atoms with Crippen LogP contribution in [0, 0.1) is 10.1 Å². The van der Waals surface area contributed by atoms with Gasteiger partial charge in [-0.25, -0.2) is 8.42 Å². The molecule has 3 rings (SSSR count). The molecule has 1 amide bonds. The van der Waals surface area contributed by atoms with Gasteiger partial charge in [0.2, 0.25) is 10.0 Å². The quantitative estimate of drug-likeness (QED) is 0.531. The molecule has 1 unspecified atom stereocenters. The number of rotatable bonds is 6. The molecule has 0 spiro atoms. The summed E-state index contributed by atoms with van der Waals surface area (Å²) in [4.78, 5) is 25.6. The number of carbonyl (C=O) groups is 1. The second-order valence-electron chi connectivity index (χ2n) is 6.98. The van der Waals surface area contributed by atoms with Crippen molar-refractivity contribution in [2.75, 3.05) is 22.0 Å². The smallest absolute Gasteiger partial charge is 0.271 e. The van der Waals surface area contributed by atoms with Crippen LogP contribution in [0.2, 0.25) is 0 Å². The monoisotopic (exact) mass is 417 g/mol. The van der Waals surface area contributed by atoms with Gasteiger partial charge in [-0.3, -0.25) is 19.2 Å². The van der Waals surface area contributed by atoms with Gasteiger partial charge in [0, 0.05) is 24.4 Å². The Bertz CT molecular complexity index is 1040. The molecule has 0 saturated heterocycles. The number of sulfonamides is 1. The van der Waals surface area contributed by atoms with Crippen molar-refractivity contribution < 1.29 is 18.1 Å². The van der Waals surface area contributed by atoms with Crippen molar-refractivity contribution in [3.05, 3.63) is 64.2 Å². The summed E-state index contributed by atoms with van der Waals surface area (Å²) in [5.74, 6) is -0.336. The molecule has 1 aliphatic heterocycles. The van der Waals surface area contributed by atoms with Gasteiger partial charge in [-0.2, -0.15) is 0 Å². The predicted octanol–water partition coefficient (Wildman–Crippen LogP) is 3.12. The minimum atomic E-state index is -3.87. The first-order valence-electron chi connectivity index (χ1n) is 9.37. The van der Waals surface area contributed by atoms with Crippen molar-refractivity contribution in [3.63, 3.8) is 0 Å². The van der Waals surface area contributed by atoms with Gasteiger partial charge in [-0.05, 0) is 37.0 Å². The molecule has 154 valence electrons. The Hall–Kier alpha value is -2.94. The van der Waals surface area contributed by atoms with Gasteiger partial charge in [0.1, 0.15) is 6.04 Å². The van der Waals surface area contributed by atoms with Gasteiger partial charge in [-0.15, -0.1) is 0 Å². The number of benzene rings is 2. The van der Waals surface area contributed by atoms with Crippen molar-refractivity contribution >= 4 is 33.0 Å². The number of hydrogen-bond donors (Lipinski definition) is 0. The number of amides is 1. The van der Waals surface area contributed by atoms with Gasteiger partial charge < -0.3 is 4.90 Å². The maximum Gasteiger partial charge on any atom is 0.271 e. The Morgan fingerprint density at radius 2 is 1.97 bits per heavy atom. The Kier molecular flexibility index (Phi) is 5.88. The van der Waals surface area contributed by atoms with Crippen molar-refractivity contribution in [1.29, 1.82) is 0 Å². The Labute approximate surface area is 169 Å². The molecule has 1 heterocycles. The zero-order valence-electron chi connectivity index (χ0n) is 16.3. The number of nitrogens with zero attached hydrogens (tertiary/aromatic N) is 3. The molecule has 0 bridgehead atoms. The molecule has 29 heavy (non-hydrogen) atoms. The molecule has 1 aliphatic rings. The van der Waals surface area contributed by atoms with E-state index in [0.29, 0.717) is 6.54 Å². The average molecular weight is 417 g/mol. The van der Waals surface area contributed by atoms with E-state index in [1.165, 1.54) is 24.3 Å². The van der Waals surface area contributed by atoms with Crippen LogP contribution in [0.25, 0.3) is 0 Å². The third-order valence-corrected chi connectivity index (χ3v) is 6.16. The Morgan fingerprint density at radius 1 is 1.24 bits per heavy atom. The summed E-state index contributed by atoms with van der Waals surface area (Å²) in [5.41, 5.74) is 1.70. The lowest BCUT2D eigenvalue weighted by molar-refractivity contribution is -0.384. The number of nitro groups is 1. The summed E-state index contributed by atoms with van der Waals surface area (Å²) in [6.45, 7) is 2.23. The van der Waals surface area contributed by atoms with Crippen LogP contribution < -0.4 is 9.21 Å². The highest BCUT2D eigenvalue weighted by molar-refractivity contribution is 7.92. The summed E-state index contributed by atoms with van der Waals surface area (Å²) in [5, 5.41) is 11.1. The van der Waals surface area contributed by atoms with Crippen LogP contribution in [0.5, 0.6) is 0 Å². The third-order valence-electron chi connectivity index (χ3n) is 4.98. The third kappa shape index (κ3) is 4.24. The lowest BCUT2D eigenvalue weighted by Gasteiger charge is -2.36. The van der Waals surface area contributed by atoms with Gasteiger partial charge in [-0.1, -0.05) is 31.2 Å². The molecule has 0 fully saturated rings. The molecular formula is C20H23N3O5S. The predicted molar refractivity (Wildman–Crippen MR) is 112 cm³/mol. The van der Waals surface area contributed by atoms with Crippen LogP contribution >= 0.6 is 0 Å². The van der Waals surface area contributed by atoms with E-state index in [1.54, 1.807) is 11.8 Å². The average Bonchev–Trinajstić information content (AvgIpc) is 2.70. The van der Waals surface area contributed by atoms with Gasteiger partial charge >= 0.3 is 0 Å². The maximum absolute atomic E-state index is 13.5. The molecule has 8 nitrogen and oxygen atoms in total. The minimum absolute atomic E-state index is 0.104. The van der Waals surface area contributed by atoms with E-state index >= 15 is 0 Å². The SMILES string of the molecule is CCC(C(=O)N1CCCc2ccccc21)N(c1cccc([N+](=O)[O-])c1)S(C)(=O)=O. The summed E-state index contributed by atoms with van der Waals surface area (Å²) >= 11 is 0. The van der Waals surface area contributed by atoms with Crippen LogP contribution in [0.15, 0.2) is 48.5 Å². The van der Waals surface area contributed by atoms with E-state index in [2.05, 4.69) is 0 Å². The topological polar surface area (TPSA) is 101 Å². The zero-order valence-corrected chi connectivity index (χ0v) is 17.1. The summed E-state index contributed by atoms with van der Waals surface area (Å²) < 4.78 is 26.3. The first-order chi connectivity index (χ1) is 13.7. The first-order valence-corrected chi connectivity index (χ1v) is 11.2. The fourth-order valence-electron chi connectivity index (χ4n) is 3.73. The largest absolute Gasteiger partial charge is 0.310 e. The number of hydrogen-bond acceptors (Lipinski definition) is 5. The Balaban J connectivity index is 2.05. The van der Waals surface area contributed by atoms with Gasteiger partial charge in [0.25, 0.3) is 11.6 Å². The number of non-ortho nitro benzene ring substituents is 1. The fraction of sp³-hybridized carbons (Fsp3) is 0.350. The van der Waals surface area contributed by atoms with Crippen LogP contribution in [0.4, 0.5) is 17.1 Å². The van der Waals surface area contributed by atoms with Crippen molar-refractivity contribution in [2.45, 2.75) is 32.2 Å². The number of fused-ring (bicyclic) bond motifs is 1. The second kappa shape index (κ2) is 8.20. The van der Waals surface area contributed by atoms with Gasteiger partial charge in [0.05, 0.1) is 16.9 Å². The fourth-order valence-corrected chi connectivity index (χ4v) is 4.93. The van der Waals surface area contributed by atoms with E-state index in [-0.39, 0.29) is 23.7 Å². The van der Waals surface area contributed by atoms with E-state index in [4.69, 9.17) is 0 Å². The van der Waals surface area contributed by atoms with Crippen LogP contribution in [-0.4, -0.2) is 38.1 Å². The molecule has 9 heteroatoms. The van der Waals surface area contributed by atoms with Crippen molar-refractivity contribution in [1.82, 2.24) is 0 Å². The van der Waals surface area contributed by atoms with E-state index in [9.17, 15) is 23.3 Å². The van der Waals surface area contributed by atoms with E-state index in [0.717, 1.165) is 34.7 Å². The van der Waals surface area contributed by atoms with Crippen LogP contribution in [-0.2, 0) is 21.2 Å². The van der Waals surface area contributed by atoms with Crippen molar-refractivity contribution in [2.24, 2.45) is 0 Å². The first kappa shape index (κ1) is 20.8. The highest BCUT2D eigenvalue weighted by atomic mass is 32.2. The minimum Gasteiger partial charge on any atom is -0.310 e. The highest BCUT2D eigenvalue weighted by Crippen LogP contribution is 2.31. The number of aryl methyl sites for hydroxylation is 1. The van der Waals surface area contributed by atoms with Crippen molar-refractivity contribution in [3.8, 4) is 0 Å². The lowest BCUT2D eigenvalue weighted by Crippen LogP contribution is -2.52. The number of para-hydroxylation sites is 1. The van der Waals surface area contributed by atoms with Gasteiger partial charge in [0.15, 0.2) is 0 Å². The second-order valence-corrected chi connectivity index (χ2v) is 8.84. The Morgan fingerprint density at radius 3 is 2.62 bits per heavy atom. The molecule has 0 N–H and O–H groups in total. The summed E-state index contributed by atoms with van der Waals surface area (Å²) in [7, 11) is -3.87. The van der Waals surface area contributed by atoms with Crippen LogP contribution in [0.1, 0.15) is 25.3 Å². The zero-order chi connectivity index (χ0) is 21.2. The molecule has 1 atom stereocenters.